The van der Waals surface area contributed by atoms with Gasteiger partial charge >= 0.3 is 5.97 Å². The normalized spacial score (nSPS) is 20.4. The molecule has 8 heteroatoms. The molecule has 196 valence electrons. The second-order valence-corrected chi connectivity index (χ2v) is 10.7. The monoisotopic (exact) mass is 511 g/mol. The maximum absolute atomic E-state index is 12.1. The third-order valence-electron chi connectivity index (χ3n) is 8.15. The molecule has 2 aliphatic carbocycles. The highest BCUT2D eigenvalue weighted by Crippen LogP contribution is 2.55. The first-order chi connectivity index (χ1) is 18.5. The summed E-state index contributed by atoms with van der Waals surface area (Å²) in [6.45, 7) is 0. The summed E-state index contributed by atoms with van der Waals surface area (Å²) in [6, 6.07) is 16.8. The Morgan fingerprint density at radius 3 is 2.53 bits per heavy atom. The van der Waals surface area contributed by atoms with Gasteiger partial charge in [-0.05, 0) is 60.1 Å². The third kappa shape index (κ3) is 4.65. The fourth-order valence-corrected chi connectivity index (χ4v) is 6.19. The van der Waals surface area contributed by atoms with E-state index in [-0.39, 0.29) is 23.5 Å². The number of carboxylic acids is 1. The number of methoxy groups -OCH3 is 1. The summed E-state index contributed by atoms with van der Waals surface area (Å²) in [5.41, 5.74) is 6.06. The zero-order valence-electron chi connectivity index (χ0n) is 21.8. The molecule has 4 aromatic rings. The minimum absolute atomic E-state index is 0.0326. The van der Waals surface area contributed by atoms with E-state index in [0.29, 0.717) is 5.92 Å². The van der Waals surface area contributed by atoms with Gasteiger partial charge in [0.15, 0.2) is 0 Å². The van der Waals surface area contributed by atoms with Gasteiger partial charge in [0.05, 0.1) is 29.4 Å². The van der Waals surface area contributed by atoms with Gasteiger partial charge in [-0.1, -0.05) is 54.8 Å². The Kier molecular flexibility index (Phi) is 6.57. The van der Waals surface area contributed by atoms with E-state index in [1.807, 2.05) is 32.5 Å². The lowest BCUT2D eigenvalue weighted by atomic mass is 9.82. The van der Waals surface area contributed by atoms with Crippen LogP contribution in [0.1, 0.15) is 83.8 Å². The molecule has 3 unspecified atom stereocenters. The first-order valence-corrected chi connectivity index (χ1v) is 13.4. The van der Waals surface area contributed by atoms with Crippen LogP contribution in [0.4, 0.5) is 0 Å². The van der Waals surface area contributed by atoms with Gasteiger partial charge in [-0.3, -0.25) is 4.68 Å². The number of aromatic carboxylic acids is 1. The molecular weight excluding hydrogens is 478 g/mol. The molecule has 2 heterocycles. The summed E-state index contributed by atoms with van der Waals surface area (Å²) in [7, 11) is 3.66. The molecular formula is C30H33N5O3. The van der Waals surface area contributed by atoms with Crippen LogP contribution in [0, 0.1) is 5.92 Å². The Bertz CT molecular complexity index is 1450. The summed E-state index contributed by atoms with van der Waals surface area (Å²) in [5, 5.41) is 22.8. The van der Waals surface area contributed by atoms with Crippen molar-refractivity contribution >= 4 is 5.97 Å². The van der Waals surface area contributed by atoms with Crippen molar-refractivity contribution in [3.8, 4) is 16.8 Å². The lowest BCUT2D eigenvalue weighted by Gasteiger charge is -2.29. The molecule has 2 aromatic heterocycles. The molecule has 0 radical (unpaired) electrons. The molecule has 2 aromatic carbocycles. The van der Waals surface area contributed by atoms with E-state index in [1.165, 1.54) is 43.9 Å². The van der Waals surface area contributed by atoms with Crippen LogP contribution in [0.2, 0.25) is 0 Å². The number of carbonyl (C=O) groups is 1. The van der Waals surface area contributed by atoms with E-state index in [2.05, 4.69) is 51.8 Å². The number of hydrogen-bond acceptors (Lipinski definition) is 5. The van der Waals surface area contributed by atoms with Crippen LogP contribution in [0.3, 0.4) is 0 Å². The highest BCUT2D eigenvalue weighted by Gasteiger charge is 2.46. The van der Waals surface area contributed by atoms with Crippen LogP contribution in [0.5, 0.6) is 0 Å². The number of carboxylic acid groups (broad SMARTS) is 1. The van der Waals surface area contributed by atoms with Crippen molar-refractivity contribution in [2.24, 2.45) is 13.0 Å². The Balaban J connectivity index is 1.33. The number of aromatic nitrogens is 5. The molecule has 2 aliphatic rings. The van der Waals surface area contributed by atoms with Crippen molar-refractivity contribution in [1.82, 2.24) is 24.8 Å². The predicted molar refractivity (Wildman–Crippen MR) is 143 cm³/mol. The Morgan fingerprint density at radius 2 is 1.82 bits per heavy atom. The van der Waals surface area contributed by atoms with Gasteiger partial charge in [-0.15, -0.1) is 5.10 Å². The van der Waals surface area contributed by atoms with Gasteiger partial charge in [0.25, 0.3) is 0 Å². The summed E-state index contributed by atoms with van der Waals surface area (Å²) in [5.74, 6) is -0.237. The van der Waals surface area contributed by atoms with Gasteiger partial charge < -0.3 is 9.84 Å². The number of ether oxygens (including phenoxy) is 1. The molecule has 0 aliphatic heterocycles. The van der Waals surface area contributed by atoms with Crippen LogP contribution in [-0.2, 0) is 11.8 Å². The zero-order valence-corrected chi connectivity index (χ0v) is 21.8. The fourth-order valence-electron chi connectivity index (χ4n) is 6.19. The largest absolute Gasteiger partial charge is 0.478 e. The van der Waals surface area contributed by atoms with Crippen LogP contribution in [0.15, 0.2) is 60.9 Å². The molecule has 2 fully saturated rings. The van der Waals surface area contributed by atoms with E-state index in [0.717, 1.165) is 34.6 Å². The van der Waals surface area contributed by atoms with Gasteiger partial charge in [-0.25, -0.2) is 9.48 Å². The Labute approximate surface area is 222 Å². The Hall–Kier alpha value is -3.78. The summed E-state index contributed by atoms with van der Waals surface area (Å²) in [4.78, 5) is 12.1. The van der Waals surface area contributed by atoms with E-state index in [9.17, 15) is 9.90 Å². The van der Waals surface area contributed by atoms with E-state index >= 15 is 0 Å². The van der Waals surface area contributed by atoms with Crippen molar-refractivity contribution in [3.63, 3.8) is 0 Å². The average Bonchev–Trinajstić information content (AvgIpc) is 3.39. The van der Waals surface area contributed by atoms with Crippen molar-refractivity contribution < 1.29 is 14.6 Å². The van der Waals surface area contributed by atoms with Crippen molar-refractivity contribution in [2.75, 3.05) is 7.11 Å². The highest BCUT2D eigenvalue weighted by atomic mass is 16.5. The van der Waals surface area contributed by atoms with Crippen LogP contribution >= 0.6 is 0 Å². The van der Waals surface area contributed by atoms with Crippen LogP contribution < -0.4 is 0 Å². The van der Waals surface area contributed by atoms with Gasteiger partial charge in [-0.2, -0.15) is 5.10 Å². The number of aryl methyl sites for hydroxylation is 1. The molecule has 0 spiro atoms. The minimum atomic E-state index is -0.965. The van der Waals surface area contributed by atoms with E-state index in [1.54, 1.807) is 9.36 Å². The molecule has 3 atom stereocenters. The lowest BCUT2D eigenvalue weighted by Crippen LogP contribution is -2.18. The second-order valence-electron chi connectivity index (χ2n) is 10.7. The number of hydrogen-bond donors (Lipinski definition) is 1. The summed E-state index contributed by atoms with van der Waals surface area (Å²) >= 11 is 0. The molecule has 0 bridgehead atoms. The molecule has 6 rings (SSSR count). The molecule has 0 saturated heterocycles. The Morgan fingerprint density at radius 1 is 1.05 bits per heavy atom. The number of nitrogens with zero attached hydrogens (tertiary/aromatic N) is 5. The van der Waals surface area contributed by atoms with Gasteiger partial charge in [0, 0.05) is 32.2 Å². The number of rotatable bonds is 8. The standard InChI is InChI=1S/C30H33N5O3/c1-34-18-27(32-33-34)24-16-25(24)28-26(30(36)37)17-31-35(28)23-13-7-11-21(15-23)20-10-6-12-22(14-20)29(38-2)19-8-4-3-5-9-19/h6-7,10-15,17-19,24-25,29H,3-5,8-9,16H2,1-2H3,(H,36,37). The predicted octanol–water partition coefficient (Wildman–Crippen LogP) is 5.90. The second kappa shape index (κ2) is 10.2. The molecule has 1 N–H and O–H groups in total. The highest BCUT2D eigenvalue weighted by molar-refractivity contribution is 5.89. The molecule has 8 nitrogen and oxygen atoms in total. The van der Waals surface area contributed by atoms with Crippen molar-refractivity contribution in [1.29, 1.82) is 0 Å². The van der Waals surface area contributed by atoms with E-state index in [4.69, 9.17) is 4.74 Å². The zero-order chi connectivity index (χ0) is 26.2. The molecule has 2 saturated carbocycles. The summed E-state index contributed by atoms with van der Waals surface area (Å²) < 4.78 is 9.47. The third-order valence-corrected chi connectivity index (χ3v) is 8.15. The topological polar surface area (TPSA) is 95.1 Å². The molecule has 38 heavy (non-hydrogen) atoms. The smallest absolute Gasteiger partial charge is 0.339 e. The quantitative estimate of drug-likeness (QED) is 0.316. The van der Waals surface area contributed by atoms with Crippen LogP contribution in [-0.4, -0.2) is 43.0 Å². The lowest BCUT2D eigenvalue weighted by molar-refractivity contribution is 0.0354. The van der Waals surface area contributed by atoms with Crippen LogP contribution in [0.25, 0.3) is 16.8 Å². The maximum Gasteiger partial charge on any atom is 0.339 e. The first kappa shape index (κ1) is 24.6. The fraction of sp³-hybridized carbons (Fsp3) is 0.400. The maximum atomic E-state index is 12.1. The minimum Gasteiger partial charge on any atom is -0.478 e. The average molecular weight is 512 g/mol. The van der Waals surface area contributed by atoms with E-state index < -0.39 is 5.97 Å². The molecule has 0 amide bonds. The van der Waals surface area contributed by atoms with Gasteiger partial charge in [0.2, 0.25) is 0 Å². The van der Waals surface area contributed by atoms with Crippen molar-refractivity contribution in [2.45, 2.75) is 56.5 Å². The number of benzene rings is 2. The van der Waals surface area contributed by atoms with Gasteiger partial charge in [0.1, 0.15) is 5.56 Å². The first-order valence-electron chi connectivity index (χ1n) is 13.4. The van der Waals surface area contributed by atoms with Crippen molar-refractivity contribution in [3.05, 3.63) is 83.4 Å². The summed E-state index contributed by atoms with van der Waals surface area (Å²) in [6.07, 6.45) is 10.6. The SMILES string of the molecule is COC(c1cccc(-c2cccc(-n3ncc(C(=O)O)c3C3CC3c3cn(C)nn3)c2)c1)C1CCCCC1.